The molecule has 0 saturated carbocycles. The summed E-state index contributed by atoms with van der Waals surface area (Å²) in [7, 11) is -4.37. The molecule has 0 radical (unpaired) electrons. The number of aliphatic carboxylic acids is 1. The first-order chi connectivity index (χ1) is 16.7. The van der Waals surface area contributed by atoms with Gasteiger partial charge < -0.3 is 10.4 Å². The maximum atomic E-state index is 12.6. The SMILES string of the molecule is CC(NCCCCCC(NS(=O)(=O)c1ccccc1[N+](=O)[O-])C(=O)O)c1ccc2ccccc2c1. The lowest BCUT2D eigenvalue weighted by molar-refractivity contribution is -0.387. The molecule has 0 heterocycles. The van der Waals surface area contributed by atoms with Gasteiger partial charge in [-0.1, -0.05) is 61.4 Å². The highest BCUT2D eigenvalue weighted by atomic mass is 32.2. The molecule has 0 bridgehead atoms. The van der Waals surface area contributed by atoms with Crippen molar-refractivity contribution in [3.8, 4) is 0 Å². The number of unbranched alkanes of at least 4 members (excludes halogenated alkanes) is 2. The van der Waals surface area contributed by atoms with Crippen molar-refractivity contribution in [1.29, 1.82) is 0 Å². The molecule has 0 aromatic heterocycles. The van der Waals surface area contributed by atoms with Crippen molar-refractivity contribution in [3.63, 3.8) is 0 Å². The van der Waals surface area contributed by atoms with E-state index in [-0.39, 0.29) is 12.5 Å². The molecule has 0 saturated heterocycles. The smallest absolute Gasteiger partial charge is 0.321 e. The Hall–Kier alpha value is -3.34. The van der Waals surface area contributed by atoms with Crippen LogP contribution in [-0.4, -0.2) is 37.0 Å². The number of nitro groups is 1. The summed E-state index contributed by atoms with van der Waals surface area (Å²) in [6.07, 6.45) is 2.06. The lowest BCUT2D eigenvalue weighted by atomic mass is 10.0. The van der Waals surface area contributed by atoms with Gasteiger partial charge in [-0.3, -0.25) is 14.9 Å². The number of hydrogen-bond donors (Lipinski definition) is 3. The molecule has 2 atom stereocenters. The van der Waals surface area contributed by atoms with Gasteiger partial charge in [0, 0.05) is 12.1 Å². The summed E-state index contributed by atoms with van der Waals surface area (Å²) in [5, 5.41) is 26.4. The summed E-state index contributed by atoms with van der Waals surface area (Å²) < 4.78 is 27.3. The summed E-state index contributed by atoms with van der Waals surface area (Å²) in [5.41, 5.74) is 0.579. The molecular formula is C25H29N3O6S. The number of carboxylic acid groups (broad SMARTS) is 1. The summed E-state index contributed by atoms with van der Waals surface area (Å²) in [5.74, 6) is -1.32. The lowest BCUT2D eigenvalue weighted by Gasteiger charge is -2.16. The maximum absolute atomic E-state index is 12.6. The van der Waals surface area contributed by atoms with E-state index in [9.17, 15) is 28.4 Å². The van der Waals surface area contributed by atoms with Crippen LogP contribution in [-0.2, 0) is 14.8 Å². The molecule has 3 N–H and O–H groups in total. The highest BCUT2D eigenvalue weighted by molar-refractivity contribution is 7.89. The Bertz CT molecular complexity index is 1300. The largest absolute Gasteiger partial charge is 0.480 e. The van der Waals surface area contributed by atoms with E-state index >= 15 is 0 Å². The predicted molar refractivity (Wildman–Crippen MR) is 134 cm³/mol. The van der Waals surface area contributed by atoms with E-state index in [0.29, 0.717) is 12.8 Å². The van der Waals surface area contributed by atoms with E-state index in [0.717, 1.165) is 25.1 Å². The second-order valence-corrected chi connectivity index (χ2v) is 10.1. The Labute approximate surface area is 204 Å². The molecule has 9 nitrogen and oxygen atoms in total. The van der Waals surface area contributed by atoms with E-state index in [1.54, 1.807) is 0 Å². The molecule has 0 fully saturated rings. The van der Waals surface area contributed by atoms with Gasteiger partial charge in [-0.2, -0.15) is 4.72 Å². The van der Waals surface area contributed by atoms with Crippen LogP contribution in [0.25, 0.3) is 10.8 Å². The number of nitrogens with zero attached hydrogens (tertiary/aromatic N) is 1. The van der Waals surface area contributed by atoms with Crippen LogP contribution in [0.2, 0.25) is 0 Å². The average molecular weight is 500 g/mol. The highest BCUT2D eigenvalue weighted by Crippen LogP contribution is 2.24. The third-order valence-electron chi connectivity index (χ3n) is 5.84. The zero-order valence-electron chi connectivity index (χ0n) is 19.4. The first-order valence-corrected chi connectivity index (χ1v) is 12.9. The second-order valence-electron chi connectivity index (χ2n) is 8.37. The van der Waals surface area contributed by atoms with Gasteiger partial charge in [0.1, 0.15) is 6.04 Å². The zero-order valence-corrected chi connectivity index (χ0v) is 20.2. The molecule has 186 valence electrons. The van der Waals surface area contributed by atoms with E-state index in [2.05, 4.69) is 47.3 Å². The molecule has 0 amide bonds. The zero-order chi connectivity index (χ0) is 25.4. The Morgan fingerprint density at radius 3 is 2.40 bits per heavy atom. The molecule has 3 aromatic carbocycles. The van der Waals surface area contributed by atoms with Crippen molar-refractivity contribution < 1.29 is 23.2 Å². The predicted octanol–water partition coefficient (Wildman–Crippen LogP) is 4.39. The fourth-order valence-electron chi connectivity index (χ4n) is 3.88. The van der Waals surface area contributed by atoms with Crippen molar-refractivity contribution in [2.75, 3.05) is 6.54 Å². The van der Waals surface area contributed by atoms with Crippen LogP contribution in [0.3, 0.4) is 0 Å². The Balaban J connectivity index is 1.47. The van der Waals surface area contributed by atoms with Gasteiger partial charge in [-0.25, -0.2) is 8.42 Å². The van der Waals surface area contributed by atoms with E-state index in [1.165, 1.54) is 28.5 Å². The quantitative estimate of drug-likeness (QED) is 0.180. The summed E-state index contributed by atoms with van der Waals surface area (Å²) in [6, 6.07) is 18.2. The first-order valence-electron chi connectivity index (χ1n) is 11.4. The maximum Gasteiger partial charge on any atom is 0.321 e. The monoisotopic (exact) mass is 499 g/mol. The minimum Gasteiger partial charge on any atom is -0.480 e. The normalized spacial score (nSPS) is 13.4. The third kappa shape index (κ3) is 7.08. The number of benzene rings is 3. The lowest BCUT2D eigenvalue weighted by Crippen LogP contribution is -2.40. The van der Waals surface area contributed by atoms with Gasteiger partial charge in [0.15, 0.2) is 4.90 Å². The molecule has 0 aliphatic carbocycles. The Morgan fingerprint density at radius 1 is 1.00 bits per heavy atom. The number of carbonyl (C=O) groups is 1. The highest BCUT2D eigenvalue weighted by Gasteiger charge is 2.30. The molecule has 2 unspecified atom stereocenters. The molecule has 0 spiro atoms. The topological polar surface area (TPSA) is 139 Å². The molecule has 10 heteroatoms. The van der Waals surface area contributed by atoms with Gasteiger partial charge in [0.05, 0.1) is 4.92 Å². The van der Waals surface area contributed by atoms with Crippen molar-refractivity contribution in [3.05, 3.63) is 82.4 Å². The molecule has 0 aliphatic heterocycles. The van der Waals surface area contributed by atoms with Crippen LogP contribution in [0.1, 0.15) is 44.2 Å². The van der Waals surface area contributed by atoms with Crippen molar-refractivity contribution in [2.24, 2.45) is 0 Å². The number of nitrogens with one attached hydrogen (secondary N) is 2. The molecule has 35 heavy (non-hydrogen) atoms. The van der Waals surface area contributed by atoms with Gasteiger partial charge in [-0.05, 0) is 54.8 Å². The van der Waals surface area contributed by atoms with Crippen LogP contribution in [0.4, 0.5) is 5.69 Å². The van der Waals surface area contributed by atoms with E-state index < -0.39 is 37.5 Å². The van der Waals surface area contributed by atoms with Crippen molar-refractivity contribution in [1.82, 2.24) is 10.0 Å². The van der Waals surface area contributed by atoms with Crippen LogP contribution >= 0.6 is 0 Å². The Kier molecular flexibility index (Phi) is 8.91. The molecule has 0 aliphatic rings. The number of hydrogen-bond acceptors (Lipinski definition) is 6. The fraction of sp³-hybridized carbons (Fsp3) is 0.320. The van der Waals surface area contributed by atoms with Gasteiger partial charge in [0.25, 0.3) is 5.69 Å². The van der Waals surface area contributed by atoms with Gasteiger partial charge >= 0.3 is 5.97 Å². The minimum atomic E-state index is -4.37. The van der Waals surface area contributed by atoms with Gasteiger partial charge in [-0.15, -0.1) is 0 Å². The fourth-order valence-corrected chi connectivity index (χ4v) is 5.28. The number of para-hydroxylation sites is 1. The first kappa shape index (κ1) is 26.3. The number of sulfonamides is 1. The van der Waals surface area contributed by atoms with Crippen molar-refractivity contribution >= 4 is 32.5 Å². The summed E-state index contributed by atoms with van der Waals surface area (Å²) >= 11 is 0. The van der Waals surface area contributed by atoms with Crippen molar-refractivity contribution in [2.45, 2.75) is 49.6 Å². The standard InChI is InChI=1S/C25H29N3O6S/c1-18(20-15-14-19-9-4-5-10-21(19)17-20)26-16-8-2-3-11-22(25(29)30)27-35(33,34)24-13-7-6-12-23(24)28(31)32/h4-7,9-10,12-15,17-18,22,26-27H,2-3,8,11,16H2,1H3,(H,29,30). The third-order valence-corrected chi connectivity index (χ3v) is 7.36. The van der Waals surface area contributed by atoms with E-state index in [1.807, 2.05) is 12.1 Å². The van der Waals surface area contributed by atoms with Crippen LogP contribution < -0.4 is 10.0 Å². The van der Waals surface area contributed by atoms with Crippen LogP contribution in [0.15, 0.2) is 71.6 Å². The number of carboxylic acids is 1. The number of fused-ring (bicyclic) bond motifs is 1. The number of nitro benzene ring substituents is 1. The Morgan fingerprint density at radius 2 is 1.69 bits per heavy atom. The van der Waals surface area contributed by atoms with Crippen LogP contribution in [0.5, 0.6) is 0 Å². The van der Waals surface area contributed by atoms with Crippen LogP contribution in [0, 0.1) is 10.1 Å². The number of rotatable bonds is 13. The minimum absolute atomic E-state index is 0.0788. The summed E-state index contributed by atoms with van der Waals surface area (Å²) in [6.45, 7) is 2.82. The van der Waals surface area contributed by atoms with Gasteiger partial charge in [0.2, 0.25) is 10.0 Å². The molecule has 3 aromatic rings. The second kappa shape index (κ2) is 11.9. The summed E-state index contributed by atoms with van der Waals surface area (Å²) in [4.78, 5) is 21.4. The molecule has 3 rings (SSSR count). The van der Waals surface area contributed by atoms with E-state index in [4.69, 9.17) is 0 Å². The average Bonchev–Trinajstić information content (AvgIpc) is 2.84. The molecular weight excluding hydrogens is 470 g/mol.